The Morgan fingerprint density at radius 1 is 1.47 bits per heavy atom. The van der Waals surface area contributed by atoms with Gasteiger partial charge in [-0.15, -0.1) is 0 Å². The number of hydrogen-bond acceptors (Lipinski definition) is 3. The molecule has 0 aliphatic heterocycles. The number of aryl methyl sites for hydroxylation is 1. The molecule has 0 fully saturated rings. The van der Waals surface area contributed by atoms with E-state index < -0.39 is 6.04 Å². The number of carbonyl (C=O) groups excluding carboxylic acids is 1. The predicted molar refractivity (Wildman–Crippen MR) is 59.6 cm³/mol. The summed E-state index contributed by atoms with van der Waals surface area (Å²) in [7, 11) is 1.35. The molecule has 0 saturated carbocycles. The maximum Gasteiger partial charge on any atom is 0.322 e. The molecule has 3 nitrogen and oxygen atoms in total. The minimum Gasteiger partial charge on any atom is -0.468 e. The van der Waals surface area contributed by atoms with Crippen LogP contribution in [0.3, 0.4) is 0 Å². The van der Waals surface area contributed by atoms with E-state index in [9.17, 15) is 4.79 Å². The fourth-order valence-electron chi connectivity index (χ4n) is 1.50. The number of methoxy groups -OCH3 is 1. The normalized spacial score (nSPS) is 12.3. The summed E-state index contributed by atoms with van der Waals surface area (Å²) in [6.07, 6.45) is 0.528. The van der Waals surface area contributed by atoms with Crippen LogP contribution < -0.4 is 5.73 Å². The molecule has 0 aromatic heterocycles. The number of esters is 1. The molecular weight excluding hydrogens is 190 g/mol. The Hall–Kier alpha value is -1.35. The number of benzene rings is 1. The van der Waals surface area contributed by atoms with E-state index in [0.717, 1.165) is 5.56 Å². The maximum atomic E-state index is 11.2. The Labute approximate surface area is 90.2 Å². The molecule has 0 aliphatic rings. The van der Waals surface area contributed by atoms with E-state index in [1.165, 1.54) is 18.2 Å². The molecule has 0 bridgehead atoms. The first-order valence-corrected chi connectivity index (χ1v) is 4.94. The van der Waals surface area contributed by atoms with Crippen LogP contribution in [0.5, 0.6) is 0 Å². The lowest BCUT2D eigenvalue weighted by atomic mass is 9.98. The molecule has 0 spiro atoms. The molecule has 0 saturated heterocycles. The van der Waals surface area contributed by atoms with Gasteiger partial charge in [-0.3, -0.25) is 4.79 Å². The molecule has 0 aliphatic carbocycles. The molecule has 1 aromatic carbocycles. The van der Waals surface area contributed by atoms with Crippen molar-refractivity contribution in [2.45, 2.75) is 26.3 Å². The maximum absolute atomic E-state index is 11.2. The van der Waals surface area contributed by atoms with E-state index in [1.54, 1.807) is 0 Å². The molecule has 0 radical (unpaired) electrons. The van der Waals surface area contributed by atoms with Gasteiger partial charge in [-0.25, -0.2) is 0 Å². The van der Waals surface area contributed by atoms with Crippen molar-refractivity contribution < 1.29 is 9.53 Å². The first-order chi connectivity index (χ1) is 7.06. The number of nitrogens with two attached hydrogens (primary N) is 1. The van der Waals surface area contributed by atoms with Crippen molar-refractivity contribution in [1.82, 2.24) is 0 Å². The highest BCUT2D eigenvalue weighted by Gasteiger charge is 2.15. The number of carbonyl (C=O) groups is 1. The summed E-state index contributed by atoms with van der Waals surface area (Å²) in [5.41, 5.74) is 9.21. The molecule has 2 N–H and O–H groups in total. The molecule has 1 aromatic rings. The van der Waals surface area contributed by atoms with Crippen LogP contribution in [0.1, 0.15) is 16.7 Å². The summed E-state index contributed by atoms with van der Waals surface area (Å²) >= 11 is 0. The lowest BCUT2D eigenvalue weighted by molar-refractivity contribution is -0.142. The third-order valence-corrected chi connectivity index (χ3v) is 2.66. The van der Waals surface area contributed by atoms with Gasteiger partial charge in [0, 0.05) is 0 Å². The topological polar surface area (TPSA) is 52.3 Å². The van der Waals surface area contributed by atoms with Crippen molar-refractivity contribution in [3.05, 3.63) is 34.9 Å². The van der Waals surface area contributed by atoms with Crippen molar-refractivity contribution in [3.63, 3.8) is 0 Å². The van der Waals surface area contributed by atoms with E-state index in [1.807, 2.05) is 32.0 Å². The standard InChI is InChI=1S/C12H17NO2/c1-8-5-4-6-10(9(8)2)7-11(13)12(14)15-3/h4-6,11H,7,13H2,1-3H3/t11-/m1/s1. The zero-order chi connectivity index (χ0) is 11.4. The zero-order valence-electron chi connectivity index (χ0n) is 9.41. The number of rotatable bonds is 3. The quantitative estimate of drug-likeness (QED) is 0.761. The molecule has 0 heterocycles. The third-order valence-electron chi connectivity index (χ3n) is 2.66. The number of ether oxygens (including phenoxy) is 1. The first kappa shape index (κ1) is 11.7. The average molecular weight is 207 g/mol. The van der Waals surface area contributed by atoms with Gasteiger partial charge in [-0.2, -0.15) is 0 Å². The molecule has 0 amide bonds. The molecule has 0 unspecified atom stereocenters. The fourth-order valence-corrected chi connectivity index (χ4v) is 1.50. The van der Waals surface area contributed by atoms with Crippen LogP contribution in [-0.2, 0) is 16.0 Å². The molecule has 82 valence electrons. The van der Waals surface area contributed by atoms with E-state index in [4.69, 9.17) is 5.73 Å². The Bertz CT molecular complexity index is 361. The first-order valence-electron chi connectivity index (χ1n) is 4.94. The van der Waals surface area contributed by atoms with Crippen molar-refractivity contribution >= 4 is 5.97 Å². The Morgan fingerprint density at radius 3 is 2.73 bits per heavy atom. The van der Waals surface area contributed by atoms with Crippen LogP contribution in [0.15, 0.2) is 18.2 Å². The van der Waals surface area contributed by atoms with Gasteiger partial charge >= 0.3 is 5.97 Å². The van der Waals surface area contributed by atoms with Crippen molar-refractivity contribution in [1.29, 1.82) is 0 Å². The third kappa shape index (κ3) is 2.80. The average Bonchev–Trinajstić information content (AvgIpc) is 2.23. The highest BCUT2D eigenvalue weighted by Crippen LogP contribution is 2.14. The van der Waals surface area contributed by atoms with E-state index in [2.05, 4.69) is 4.74 Å². The van der Waals surface area contributed by atoms with Crippen LogP contribution in [0.4, 0.5) is 0 Å². The monoisotopic (exact) mass is 207 g/mol. The Balaban J connectivity index is 2.81. The van der Waals surface area contributed by atoms with E-state index >= 15 is 0 Å². The molecule has 1 rings (SSSR count). The zero-order valence-corrected chi connectivity index (χ0v) is 9.41. The van der Waals surface area contributed by atoms with Crippen molar-refractivity contribution in [2.75, 3.05) is 7.11 Å². The number of hydrogen-bond donors (Lipinski definition) is 1. The summed E-state index contributed by atoms with van der Waals surface area (Å²) in [4.78, 5) is 11.2. The summed E-state index contributed by atoms with van der Waals surface area (Å²) in [6.45, 7) is 4.08. The summed E-state index contributed by atoms with van der Waals surface area (Å²) in [6, 6.07) is 5.44. The van der Waals surface area contributed by atoms with Gasteiger partial charge in [-0.1, -0.05) is 18.2 Å². The van der Waals surface area contributed by atoms with Crippen molar-refractivity contribution in [3.8, 4) is 0 Å². The van der Waals surface area contributed by atoms with Crippen molar-refractivity contribution in [2.24, 2.45) is 5.73 Å². The van der Waals surface area contributed by atoms with Gasteiger partial charge in [0.15, 0.2) is 0 Å². The van der Waals surface area contributed by atoms with Gasteiger partial charge in [0.25, 0.3) is 0 Å². The SMILES string of the molecule is COC(=O)[C@H](N)Cc1cccc(C)c1C. The molecule has 3 heteroatoms. The lowest BCUT2D eigenvalue weighted by Gasteiger charge is -2.12. The molecule has 1 atom stereocenters. The van der Waals surface area contributed by atoms with Crippen LogP contribution >= 0.6 is 0 Å². The summed E-state index contributed by atoms with van der Waals surface area (Å²) in [5, 5.41) is 0. The summed E-state index contributed by atoms with van der Waals surface area (Å²) in [5.74, 6) is -0.365. The second-order valence-corrected chi connectivity index (χ2v) is 3.69. The summed E-state index contributed by atoms with van der Waals surface area (Å²) < 4.78 is 4.59. The lowest BCUT2D eigenvalue weighted by Crippen LogP contribution is -2.33. The van der Waals surface area contributed by atoms with E-state index in [-0.39, 0.29) is 5.97 Å². The minimum absolute atomic E-state index is 0.365. The smallest absolute Gasteiger partial charge is 0.322 e. The van der Waals surface area contributed by atoms with Crippen LogP contribution in [0, 0.1) is 13.8 Å². The van der Waals surface area contributed by atoms with Gasteiger partial charge in [0.2, 0.25) is 0 Å². The fraction of sp³-hybridized carbons (Fsp3) is 0.417. The Kier molecular flexibility index (Phi) is 3.86. The van der Waals surface area contributed by atoms with Crippen LogP contribution in [0.2, 0.25) is 0 Å². The second-order valence-electron chi connectivity index (χ2n) is 3.69. The Morgan fingerprint density at radius 2 is 2.13 bits per heavy atom. The highest BCUT2D eigenvalue weighted by atomic mass is 16.5. The van der Waals surface area contributed by atoms with Crippen LogP contribution in [-0.4, -0.2) is 19.1 Å². The van der Waals surface area contributed by atoms with Gasteiger partial charge in [0.05, 0.1) is 7.11 Å². The molecular formula is C12H17NO2. The predicted octanol–water partition coefficient (Wildman–Crippen LogP) is 1.35. The van der Waals surface area contributed by atoms with Crippen LogP contribution in [0.25, 0.3) is 0 Å². The molecule has 15 heavy (non-hydrogen) atoms. The van der Waals surface area contributed by atoms with E-state index in [0.29, 0.717) is 6.42 Å². The van der Waals surface area contributed by atoms with Gasteiger partial charge in [0.1, 0.15) is 6.04 Å². The second kappa shape index (κ2) is 4.94. The van der Waals surface area contributed by atoms with Gasteiger partial charge < -0.3 is 10.5 Å². The minimum atomic E-state index is -0.574. The highest BCUT2D eigenvalue weighted by molar-refractivity contribution is 5.75. The van der Waals surface area contributed by atoms with Gasteiger partial charge in [-0.05, 0) is 37.0 Å². The largest absolute Gasteiger partial charge is 0.468 e.